The van der Waals surface area contributed by atoms with E-state index in [1.807, 2.05) is 6.07 Å². The van der Waals surface area contributed by atoms with Crippen molar-refractivity contribution in [3.8, 4) is 0 Å². The number of anilines is 2. The molecule has 3 aromatic rings. The molecule has 2 aromatic carbocycles. The highest BCUT2D eigenvalue weighted by Gasteiger charge is 2.08. The molecule has 0 amide bonds. The fraction of sp³-hybridized carbons (Fsp3) is 0.0588. The zero-order valence-corrected chi connectivity index (χ0v) is 15.5. The number of hydrogen-bond acceptors (Lipinski definition) is 2. The molecule has 0 radical (unpaired) electrons. The second-order valence-corrected chi connectivity index (χ2v) is 6.57. The molecule has 0 aliphatic carbocycles. The lowest BCUT2D eigenvalue weighted by atomic mass is 10.2. The summed E-state index contributed by atoms with van der Waals surface area (Å²) in [5.74, 6) is -0.919. The van der Waals surface area contributed by atoms with Crippen molar-refractivity contribution < 1.29 is 8.78 Å². The Labute approximate surface area is 163 Å². The molecule has 0 fully saturated rings. The lowest BCUT2D eigenvalue weighted by Crippen LogP contribution is -2.20. The molecule has 9 heteroatoms. The standard InChI is InChI=1S/C17H12Cl2F2N4S/c18-12-3-1-10(7-13(12)19)9-25-6-5-16(24-25)23-17(26)22-15-4-2-11(20)8-14(15)21/h1-8H,9H2,(H2,22,23,24,26). The molecular weight excluding hydrogens is 401 g/mol. The number of rotatable bonds is 4. The third kappa shape index (κ3) is 4.69. The third-order valence-corrected chi connectivity index (χ3v) is 4.33. The summed E-state index contributed by atoms with van der Waals surface area (Å²) in [6.07, 6.45) is 1.76. The van der Waals surface area contributed by atoms with E-state index in [-0.39, 0.29) is 10.8 Å². The average Bonchev–Trinajstić information content (AvgIpc) is 3.00. The minimum absolute atomic E-state index is 0.0686. The summed E-state index contributed by atoms with van der Waals surface area (Å²) < 4.78 is 28.2. The van der Waals surface area contributed by atoms with E-state index in [0.717, 1.165) is 17.7 Å². The van der Waals surface area contributed by atoms with Crippen LogP contribution in [0.3, 0.4) is 0 Å². The predicted octanol–water partition coefficient (Wildman–Crippen LogP) is 5.33. The maximum absolute atomic E-state index is 13.6. The van der Waals surface area contributed by atoms with Crippen molar-refractivity contribution in [2.75, 3.05) is 10.6 Å². The zero-order valence-electron chi connectivity index (χ0n) is 13.1. The summed E-state index contributed by atoms with van der Waals surface area (Å²) in [6.45, 7) is 0.491. The van der Waals surface area contributed by atoms with Crippen LogP contribution in [0.15, 0.2) is 48.7 Å². The van der Waals surface area contributed by atoms with Gasteiger partial charge in [-0.3, -0.25) is 4.68 Å². The van der Waals surface area contributed by atoms with E-state index < -0.39 is 11.6 Å². The fourth-order valence-corrected chi connectivity index (χ4v) is 2.74. The van der Waals surface area contributed by atoms with Crippen molar-refractivity contribution >= 4 is 52.0 Å². The lowest BCUT2D eigenvalue weighted by molar-refractivity contribution is 0.586. The summed E-state index contributed by atoms with van der Waals surface area (Å²) >= 11 is 17.0. The molecule has 0 saturated carbocycles. The first-order valence-electron chi connectivity index (χ1n) is 7.41. The number of nitrogens with zero attached hydrogens (tertiary/aromatic N) is 2. The predicted molar refractivity (Wildman–Crippen MR) is 104 cm³/mol. The Hall–Kier alpha value is -2.22. The molecule has 26 heavy (non-hydrogen) atoms. The van der Waals surface area contributed by atoms with Crippen LogP contribution in [0.1, 0.15) is 5.56 Å². The molecule has 1 heterocycles. The van der Waals surface area contributed by atoms with Crippen molar-refractivity contribution in [2.45, 2.75) is 6.54 Å². The van der Waals surface area contributed by atoms with Gasteiger partial charge in [-0.1, -0.05) is 29.3 Å². The van der Waals surface area contributed by atoms with Gasteiger partial charge >= 0.3 is 0 Å². The van der Waals surface area contributed by atoms with E-state index in [2.05, 4.69) is 15.7 Å². The van der Waals surface area contributed by atoms with Gasteiger partial charge in [0.15, 0.2) is 10.9 Å². The minimum Gasteiger partial charge on any atom is -0.330 e. The van der Waals surface area contributed by atoms with Gasteiger partial charge in [0.1, 0.15) is 11.6 Å². The largest absolute Gasteiger partial charge is 0.330 e. The van der Waals surface area contributed by atoms with Crippen molar-refractivity contribution in [3.63, 3.8) is 0 Å². The highest BCUT2D eigenvalue weighted by atomic mass is 35.5. The molecule has 0 bridgehead atoms. The molecule has 0 aliphatic rings. The minimum atomic E-state index is -0.737. The highest BCUT2D eigenvalue weighted by Crippen LogP contribution is 2.23. The normalized spacial score (nSPS) is 10.6. The van der Waals surface area contributed by atoms with Gasteiger partial charge in [0.2, 0.25) is 0 Å². The van der Waals surface area contributed by atoms with Crippen LogP contribution in [-0.2, 0) is 6.54 Å². The average molecular weight is 413 g/mol. The smallest absolute Gasteiger partial charge is 0.176 e. The van der Waals surface area contributed by atoms with Gasteiger partial charge in [-0.05, 0) is 42.0 Å². The van der Waals surface area contributed by atoms with E-state index in [0.29, 0.717) is 22.4 Å². The van der Waals surface area contributed by atoms with Gasteiger partial charge in [0, 0.05) is 18.3 Å². The van der Waals surface area contributed by atoms with Gasteiger partial charge in [-0.25, -0.2) is 8.78 Å². The first-order valence-corrected chi connectivity index (χ1v) is 8.57. The van der Waals surface area contributed by atoms with Crippen LogP contribution in [0, 0.1) is 11.6 Å². The molecular formula is C17H12Cl2F2N4S. The summed E-state index contributed by atoms with van der Waals surface area (Å²) in [7, 11) is 0. The summed E-state index contributed by atoms with van der Waals surface area (Å²) in [5, 5.41) is 10.9. The molecule has 0 saturated heterocycles. The van der Waals surface area contributed by atoms with Crippen molar-refractivity contribution in [1.29, 1.82) is 0 Å². The van der Waals surface area contributed by atoms with Crippen LogP contribution in [0.25, 0.3) is 0 Å². The molecule has 3 rings (SSSR count). The molecule has 134 valence electrons. The molecule has 0 aliphatic heterocycles. The number of thiocarbonyl (C=S) groups is 1. The van der Waals surface area contributed by atoms with Gasteiger partial charge < -0.3 is 10.6 Å². The topological polar surface area (TPSA) is 41.9 Å². The molecule has 0 unspecified atom stereocenters. The van der Waals surface area contributed by atoms with Crippen molar-refractivity contribution in [3.05, 3.63) is 75.9 Å². The first kappa shape index (κ1) is 18.6. The maximum atomic E-state index is 13.6. The van der Waals surface area contributed by atoms with Gasteiger partial charge in [0.05, 0.1) is 22.3 Å². The monoisotopic (exact) mass is 412 g/mol. The van der Waals surface area contributed by atoms with Gasteiger partial charge in [-0.2, -0.15) is 5.10 Å². The number of halogens is 4. The second-order valence-electron chi connectivity index (χ2n) is 5.35. The number of hydrogen-bond donors (Lipinski definition) is 2. The number of benzene rings is 2. The van der Waals surface area contributed by atoms with Gasteiger partial charge in [0.25, 0.3) is 0 Å². The fourth-order valence-electron chi connectivity index (χ4n) is 2.20. The van der Waals surface area contributed by atoms with Crippen LogP contribution >= 0.6 is 35.4 Å². The molecule has 0 atom stereocenters. The second kappa shape index (κ2) is 7.99. The summed E-state index contributed by atoms with van der Waals surface area (Å²) in [5.41, 5.74) is 1.00. The zero-order chi connectivity index (χ0) is 18.7. The quantitative estimate of drug-likeness (QED) is 0.568. The van der Waals surface area contributed by atoms with Crippen molar-refractivity contribution in [2.24, 2.45) is 0 Å². The maximum Gasteiger partial charge on any atom is 0.176 e. The number of nitrogens with one attached hydrogen (secondary N) is 2. The Bertz CT molecular complexity index is 962. The van der Waals surface area contributed by atoms with E-state index >= 15 is 0 Å². The van der Waals surface area contributed by atoms with Crippen LogP contribution in [-0.4, -0.2) is 14.9 Å². The van der Waals surface area contributed by atoms with Gasteiger partial charge in [-0.15, -0.1) is 0 Å². The summed E-state index contributed by atoms with van der Waals surface area (Å²) in [6, 6.07) is 10.2. The number of aromatic nitrogens is 2. The van der Waals surface area contributed by atoms with E-state index in [1.54, 1.807) is 29.1 Å². The van der Waals surface area contributed by atoms with Crippen LogP contribution in [0.4, 0.5) is 20.3 Å². The lowest BCUT2D eigenvalue weighted by Gasteiger charge is -2.09. The van der Waals surface area contributed by atoms with Crippen molar-refractivity contribution in [1.82, 2.24) is 9.78 Å². The molecule has 4 nitrogen and oxygen atoms in total. The third-order valence-electron chi connectivity index (χ3n) is 3.39. The first-order chi connectivity index (χ1) is 12.4. The molecule has 1 aromatic heterocycles. The highest BCUT2D eigenvalue weighted by molar-refractivity contribution is 7.80. The Morgan fingerprint density at radius 3 is 2.58 bits per heavy atom. The van der Waals surface area contributed by atoms with Crippen LogP contribution in [0.2, 0.25) is 10.0 Å². The Balaban J connectivity index is 1.62. The Morgan fingerprint density at radius 1 is 1.04 bits per heavy atom. The Kier molecular flexibility index (Phi) is 5.70. The van der Waals surface area contributed by atoms with E-state index in [1.165, 1.54) is 6.07 Å². The SMILES string of the molecule is Fc1ccc(NC(=S)Nc2ccn(Cc3ccc(Cl)c(Cl)c3)n2)c(F)c1. The van der Waals surface area contributed by atoms with E-state index in [9.17, 15) is 8.78 Å². The van der Waals surface area contributed by atoms with Crippen LogP contribution < -0.4 is 10.6 Å². The summed E-state index contributed by atoms with van der Waals surface area (Å²) in [4.78, 5) is 0. The van der Waals surface area contributed by atoms with E-state index in [4.69, 9.17) is 35.4 Å². The Morgan fingerprint density at radius 2 is 1.85 bits per heavy atom. The molecule has 2 N–H and O–H groups in total. The van der Waals surface area contributed by atoms with Crippen LogP contribution in [0.5, 0.6) is 0 Å². The molecule has 0 spiro atoms.